The summed E-state index contributed by atoms with van der Waals surface area (Å²) < 4.78 is 6.21. The molecule has 3 rings (SSSR count). The first-order valence-electron chi connectivity index (χ1n) is 9.08. The number of Topliss-reactive ketones (excluding diaryl/α,β-unsaturated/α-hetero) is 1. The first-order chi connectivity index (χ1) is 11.9. The zero-order chi connectivity index (χ0) is 18.0. The number of rotatable bonds is 5. The molecule has 0 aliphatic carbocycles. The Kier molecular flexibility index (Phi) is 5.28. The van der Waals surface area contributed by atoms with Crippen LogP contribution in [0.2, 0.25) is 0 Å². The molecule has 134 valence electrons. The van der Waals surface area contributed by atoms with Crippen LogP contribution in [0, 0.1) is 27.7 Å². The largest absolute Gasteiger partial charge is 0.490 e. The third-order valence-corrected chi connectivity index (χ3v) is 4.99. The van der Waals surface area contributed by atoms with Gasteiger partial charge < -0.3 is 9.72 Å². The summed E-state index contributed by atoms with van der Waals surface area (Å²) in [5, 5.41) is 0. The van der Waals surface area contributed by atoms with Crippen LogP contribution in [-0.4, -0.2) is 41.4 Å². The van der Waals surface area contributed by atoms with Crippen LogP contribution in [0.15, 0.2) is 24.3 Å². The van der Waals surface area contributed by atoms with E-state index in [0.717, 1.165) is 48.6 Å². The number of benzene rings is 1. The van der Waals surface area contributed by atoms with E-state index in [1.54, 1.807) is 0 Å². The van der Waals surface area contributed by atoms with Crippen molar-refractivity contribution in [2.75, 3.05) is 19.6 Å². The highest BCUT2D eigenvalue weighted by Crippen LogP contribution is 2.24. The molecule has 1 N–H and O–H groups in total. The number of ketones is 1. The standard InChI is InChI=1S/C21H28N2O2/c1-14-5-6-15(2)21(11-14)25-18-7-9-23(10-8-18)13-20(24)19-12-16(3)22-17(19)4/h5-6,11-12,18,22H,7-10,13H2,1-4H3. The molecule has 1 aromatic carbocycles. The molecule has 1 saturated heterocycles. The Morgan fingerprint density at radius 3 is 2.52 bits per heavy atom. The molecule has 2 aromatic rings. The number of piperidine rings is 1. The van der Waals surface area contributed by atoms with E-state index in [4.69, 9.17) is 4.74 Å². The molecule has 0 atom stereocenters. The van der Waals surface area contributed by atoms with Crippen molar-refractivity contribution < 1.29 is 9.53 Å². The number of H-pyrrole nitrogens is 1. The summed E-state index contributed by atoms with van der Waals surface area (Å²) in [4.78, 5) is 18.0. The summed E-state index contributed by atoms with van der Waals surface area (Å²) in [6.07, 6.45) is 2.17. The van der Waals surface area contributed by atoms with Gasteiger partial charge in [0.1, 0.15) is 11.9 Å². The van der Waals surface area contributed by atoms with Crippen LogP contribution in [0.25, 0.3) is 0 Å². The minimum absolute atomic E-state index is 0.204. The van der Waals surface area contributed by atoms with Gasteiger partial charge >= 0.3 is 0 Å². The molecule has 0 unspecified atom stereocenters. The number of carbonyl (C=O) groups excluding carboxylic acids is 1. The molecular formula is C21H28N2O2. The second-order valence-electron chi connectivity index (χ2n) is 7.28. The number of nitrogens with one attached hydrogen (secondary N) is 1. The second-order valence-corrected chi connectivity index (χ2v) is 7.28. The molecule has 2 heterocycles. The van der Waals surface area contributed by atoms with Gasteiger partial charge in [-0.3, -0.25) is 9.69 Å². The summed E-state index contributed by atoms with van der Waals surface area (Å²) >= 11 is 0. The Hall–Kier alpha value is -2.07. The topological polar surface area (TPSA) is 45.3 Å². The van der Waals surface area contributed by atoms with Gasteiger partial charge in [0.2, 0.25) is 0 Å². The van der Waals surface area contributed by atoms with Crippen molar-refractivity contribution in [2.24, 2.45) is 0 Å². The first kappa shape index (κ1) is 17.7. The number of likely N-dealkylation sites (tertiary alicyclic amines) is 1. The summed E-state index contributed by atoms with van der Waals surface area (Å²) in [5.41, 5.74) is 5.24. The van der Waals surface area contributed by atoms with E-state index >= 15 is 0 Å². The molecule has 1 aliphatic heterocycles. The molecule has 4 heteroatoms. The number of hydrogen-bond donors (Lipinski definition) is 1. The molecule has 25 heavy (non-hydrogen) atoms. The van der Waals surface area contributed by atoms with Crippen molar-refractivity contribution in [3.63, 3.8) is 0 Å². The number of nitrogens with zero attached hydrogens (tertiary/aromatic N) is 1. The van der Waals surface area contributed by atoms with Crippen molar-refractivity contribution >= 4 is 5.78 Å². The van der Waals surface area contributed by atoms with Gasteiger partial charge in [-0.05, 0) is 63.8 Å². The zero-order valence-electron chi connectivity index (χ0n) is 15.7. The molecule has 0 spiro atoms. The Bertz CT molecular complexity index is 755. The molecule has 0 radical (unpaired) electrons. The molecule has 1 fully saturated rings. The fourth-order valence-electron chi connectivity index (χ4n) is 3.50. The van der Waals surface area contributed by atoms with E-state index in [1.807, 2.05) is 19.9 Å². The Balaban J connectivity index is 1.52. The van der Waals surface area contributed by atoms with Gasteiger partial charge in [0, 0.05) is 30.0 Å². The highest BCUT2D eigenvalue weighted by molar-refractivity contribution is 5.98. The smallest absolute Gasteiger partial charge is 0.178 e. The van der Waals surface area contributed by atoms with E-state index in [0.29, 0.717) is 6.54 Å². The third-order valence-electron chi connectivity index (χ3n) is 4.99. The monoisotopic (exact) mass is 340 g/mol. The lowest BCUT2D eigenvalue weighted by molar-refractivity contribution is 0.0788. The molecule has 0 amide bonds. The third kappa shape index (κ3) is 4.31. The van der Waals surface area contributed by atoms with Crippen LogP contribution in [0.3, 0.4) is 0 Å². The van der Waals surface area contributed by atoms with Crippen LogP contribution < -0.4 is 4.74 Å². The first-order valence-corrected chi connectivity index (χ1v) is 9.08. The minimum atomic E-state index is 0.204. The predicted octanol–water partition coefficient (Wildman–Crippen LogP) is 3.97. The fourth-order valence-corrected chi connectivity index (χ4v) is 3.50. The van der Waals surface area contributed by atoms with Crippen molar-refractivity contribution in [3.8, 4) is 5.75 Å². The number of aromatic amines is 1. The van der Waals surface area contributed by atoms with Crippen LogP contribution in [-0.2, 0) is 0 Å². The number of aryl methyl sites for hydroxylation is 4. The number of carbonyl (C=O) groups is 1. The molecule has 0 bridgehead atoms. The lowest BCUT2D eigenvalue weighted by atomic mass is 10.1. The fraction of sp³-hybridized carbons (Fsp3) is 0.476. The highest BCUT2D eigenvalue weighted by Gasteiger charge is 2.23. The van der Waals surface area contributed by atoms with E-state index < -0.39 is 0 Å². The maximum absolute atomic E-state index is 12.5. The predicted molar refractivity (Wildman–Crippen MR) is 101 cm³/mol. The van der Waals surface area contributed by atoms with Gasteiger partial charge in [0.15, 0.2) is 5.78 Å². The quantitative estimate of drug-likeness (QED) is 0.838. The number of aromatic nitrogens is 1. The maximum atomic E-state index is 12.5. The normalized spacial score (nSPS) is 16.2. The van der Waals surface area contributed by atoms with Crippen LogP contribution in [0.4, 0.5) is 0 Å². The van der Waals surface area contributed by atoms with Gasteiger partial charge in [-0.1, -0.05) is 12.1 Å². The van der Waals surface area contributed by atoms with E-state index in [2.05, 4.69) is 41.9 Å². The summed E-state index contributed by atoms with van der Waals surface area (Å²) in [6.45, 7) is 10.4. The van der Waals surface area contributed by atoms with Crippen LogP contribution in [0.1, 0.15) is 45.7 Å². The summed E-state index contributed by atoms with van der Waals surface area (Å²) in [6, 6.07) is 8.29. The average Bonchev–Trinajstić information content (AvgIpc) is 2.91. The van der Waals surface area contributed by atoms with Crippen molar-refractivity contribution in [3.05, 3.63) is 52.3 Å². The number of hydrogen-bond acceptors (Lipinski definition) is 3. The number of ether oxygens (including phenoxy) is 1. The van der Waals surface area contributed by atoms with Gasteiger partial charge in [-0.15, -0.1) is 0 Å². The van der Waals surface area contributed by atoms with Crippen molar-refractivity contribution in [1.82, 2.24) is 9.88 Å². The van der Waals surface area contributed by atoms with Gasteiger partial charge in [0.05, 0.1) is 6.54 Å². The molecule has 1 aliphatic rings. The maximum Gasteiger partial charge on any atom is 0.178 e. The molecule has 0 saturated carbocycles. The van der Waals surface area contributed by atoms with Gasteiger partial charge in [0.25, 0.3) is 0 Å². The Labute approximate surface area is 150 Å². The average molecular weight is 340 g/mol. The molecule has 1 aromatic heterocycles. The van der Waals surface area contributed by atoms with Crippen LogP contribution in [0.5, 0.6) is 5.75 Å². The lowest BCUT2D eigenvalue weighted by Gasteiger charge is -2.32. The minimum Gasteiger partial charge on any atom is -0.490 e. The van der Waals surface area contributed by atoms with Crippen molar-refractivity contribution in [1.29, 1.82) is 0 Å². The molecular weight excluding hydrogens is 312 g/mol. The Morgan fingerprint density at radius 1 is 1.16 bits per heavy atom. The zero-order valence-corrected chi connectivity index (χ0v) is 15.7. The summed E-state index contributed by atoms with van der Waals surface area (Å²) in [5.74, 6) is 1.20. The Morgan fingerprint density at radius 2 is 1.88 bits per heavy atom. The van der Waals surface area contributed by atoms with E-state index in [-0.39, 0.29) is 11.9 Å². The summed E-state index contributed by atoms with van der Waals surface area (Å²) in [7, 11) is 0. The van der Waals surface area contributed by atoms with Crippen molar-refractivity contribution in [2.45, 2.75) is 46.6 Å². The lowest BCUT2D eigenvalue weighted by Crippen LogP contribution is -2.41. The second kappa shape index (κ2) is 7.44. The SMILES string of the molecule is Cc1ccc(C)c(OC2CCN(CC(=O)c3cc(C)[nH]c3C)CC2)c1. The van der Waals surface area contributed by atoms with E-state index in [1.165, 1.54) is 11.1 Å². The molecule has 4 nitrogen and oxygen atoms in total. The van der Waals surface area contributed by atoms with Gasteiger partial charge in [-0.2, -0.15) is 0 Å². The van der Waals surface area contributed by atoms with Crippen LogP contribution >= 0.6 is 0 Å². The highest BCUT2D eigenvalue weighted by atomic mass is 16.5. The van der Waals surface area contributed by atoms with E-state index in [9.17, 15) is 4.79 Å². The van der Waals surface area contributed by atoms with Gasteiger partial charge in [-0.25, -0.2) is 0 Å².